The fourth-order valence-electron chi connectivity index (χ4n) is 1.46. The van der Waals surface area contributed by atoms with Crippen molar-refractivity contribution >= 4 is 5.78 Å². The highest BCUT2D eigenvalue weighted by molar-refractivity contribution is 5.87. The first kappa shape index (κ1) is 13.1. The number of ether oxygens (including phenoxy) is 1. The Balaban J connectivity index is 2.67. The maximum absolute atomic E-state index is 10.7. The summed E-state index contributed by atoms with van der Waals surface area (Å²) < 4.78 is 4.98. The summed E-state index contributed by atoms with van der Waals surface area (Å²) in [6.45, 7) is 1.39. The number of methoxy groups -OCH3 is 1. The SMILES string of the molecule is COc1cc(CC/C(O)=C/C(C)=O)ccc1O. The Hall–Kier alpha value is -1.97. The van der Waals surface area contributed by atoms with E-state index in [1.165, 1.54) is 20.1 Å². The molecule has 1 rings (SSSR count). The molecule has 0 heterocycles. The van der Waals surface area contributed by atoms with Crippen molar-refractivity contribution in [3.05, 3.63) is 35.6 Å². The largest absolute Gasteiger partial charge is 0.512 e. The third-order valence-electron chi connectivity index (χ3n) is 2.28. The number of aliphatic hydroxyl groups is 1. The van der Waals surface area contributed by atoms with E-state index in [1.54, 1.807) is 18.2 Å². The normalized spacial score (nSPS) is 11.3. The van der Waals surface area contributed by atoms with Crippen molar-refractivity contribution in [3.8, 4) is 11.5 Å². The Labute approximate surface area is 100 Å². The highest BCUT2D eigenvalue weighted by Crippen LogP contribution is 2.26. The van der Waals surface area contributed by atoms with Crippen LogP contribution in [0.5, 0.6) is 11.5 Å². The molecular formula is C13H16O4. The number of carbonyl (C=O) groups is 1. The van der Waals surface area contributed by atoms with Crippen LogP contribution in [0.4, 0.5) is 0 Å². The van der Waals surface area contributed by atoms with Gasteiger partial charge in [-0.05, 0) is 31.0 Å². The smallest absolute Gasteiger partial charge is 0.160 e. The zero-order valence-corrected chi connectivity index (χ0v) is 9.93. The molecule has 17 heavy (non-hydrogen) atoms. The molecule has 0 aliphatic carbocycles. The maximum atomic E-state index is 10.7. The van der Waals surface area contributed by atoms with Gasteiger partial charge < -0.3 is 14.9 Å². The third kappa shape index (κ3) is 4.18. The lowest BCUT2D eigenvalue weighted by Gasteiger charge is -2.06. The molecule has 0 bridgehead atoms. The van der Waals surface area contributed by atoms with Crippen LogP contribution in [0.25, 0.3) is 0 Å². The lowest BCUT2D eigenvalue weighted by atomic mass is 10.1. The molecule has 0 aliphatic heterocycles. The number of allylic oxidation sites excluding steroid dienone is 2. The van der Waals surface area contributed by atoms with Crippen molar-refractivity contribution in [2.45, 2.75) is 19.8 Å². The molecule has 0 amide bonds. The lowest BCUT2D eigenvalue weighted by molar-refractivity contribution is -0.112. The Morgan fingerprint density at radius 2 is 2.18 bits per heavy atom. The van der Waals surface area contributed by atoms with E-state index in [9.17, 15) is 15.0 Å². The van der Waals surface area contributed by atoms with Crippen molar-refractivity contribution in [3.63, 3.8) is 0 Å². The minimum Gasteiger partial charge on any atom is -0.512 e. The van der Waals surface area contributed by atoms with Crippen molar-refractivity contribution in [1.82, 2.24) is 0 Å². The average molecular weight is 236 g/mol. The lowest BCUT2D eigenvalue weighted by Crippen LogP contribution is -1.93. The second-order valence-electron chi connectivity index (χ2n) is 3.75. The van der Waals surface area contributed by atoms with Crippen molar-refractivity contribution in [2.75, 3.05) is 7.11 Å². The van der Waals surface area contributed by atoms with Gasteiger partial charge in [0.15, 0.2) is 17.3 Å². The van der Waals surface area contributed by atoms with Gasteiger partial charge in [-0.3, -0.25) is 4.79 Å². The molecule has 0 fully saturated rings. The minimum atomic E-state index is -0.175. The summed E-state index contributed by atoms with van der Waals surface area (Å²) >= 11 is 0. The minimum absolute atomic E-state index is 0.0598. The average Bonchev–Trinajstić information content (AvgIpc) is 2.27. The molecule has 4 nitrogen and oxygen atoms in total. The summed E-state index contributed by atoms with van der Waals surface area (Å²) in [5.74, 6) is 0.368. The first-order valence-corrected chi connectivity index (χ1v) is 5.29. The van der Waals surface area contributed by atoms with Crippen LogP contribution >= 0.6 is 0 Å². The number of benzene rings is 1. The fraction of sp³-hybridized carbons (Fsp3) is 0.308. The van der Waals surface area contributed by atoms with E-state index in [-0.39, 0.29) is 17.3 Å². The quantitative estimate of drug-likeness (QED) is 0.608. The Kier molecular flexibility index (Phi) is 4.57. The maximum Gasteiger partial charge on any atom is 0.160 e. The second kappa shape index (κ2) is 5.94. The molecule has 92 valence electrons. The van der Waals surface area contributed by atoms with Crippen molar-refractivity contribution in [2.24, 2.45) is 0 Å². The molecule has 0 radical (unpaired) electrons. The summed E-state index contributed by atoms with van der Waals surface area (Å²) in [6.07, 6.45) is 2.16. The zero-order chi connectivity index (χ0) is 12.8. The Morgan fingerprint density at radius 1 is 1.47 bits per heavy atom. The summed E-state index contributed by atoms with van der Waals surface area (Å²) in [7, 11) is 1.48. The molecule has 2 N–H and O–H groups in total. The summed E-state index contributed by atoms with van der Waals surface area (Å²) in [4.78, 5) is 10.7. The van der Waals surface area contributed by atoms with Crippen LogP contribution in [-0.2, 0) is 11.2 Å². The summed E-state index contributed by atoms with van der Waals surface area (Å²) in [5.41, 5.74) is 0.920. The standard InChI is InChI=1S/C13H16O4/c1-9(14)7-11(15)5-3-10-4-6-12(16)13(8-10)17-2/h4,6-8,15-16H,3,5H2,1-2H3/b11-7-. The van der Waals surface area contributed by atoms with Gasteiger partial charge in [0.1, 0.15) is 0 Å². The number of phenolic OH excluding ortho intramolecular Hbond substituents is 1. The predicted octanol–water partition coefficient (Wildman–Crippen LogP) is 2.36. The zero-order valence-electron chi connectivity index (χ0n) is 9.93. The number of phenols is 1. The first-order valence-electron chi connectivity index (χ1n) is 5.29. The number of rotatable bonds is 5. The number of hydrogen-bond acceptors (Lipinski definition) is 4. The molecule has 0 unspecified atom stereocenters. The van der Waals surface area contributed by atoms with E-state index < -0.39 is 0 Å². The van der Waals surface area contributed by atoms with Crippen molar-refractivity contribution < 1.29 is 19.7 Å². The first-order chi connectivity index (χ1) is 8.02. The monoisotopic (exact) mass is 236 g/mol. The van der Waals surface area contributed by atoms with E-state index in [0.29, 0.717) is 18.6 Å². The fourth-order valence-corrected chi connectivity index (χ4v) is 1.46. The van der Waals surface area contributed by atoms with Gasteiger partial charge in [-0.1, -0.05) is 6.07 Å². The second-order valence-corrected chi connectivity index (χ2v) is 3.75. The molecule has 0 aliphatic rings. The van der Waals surface area contributed by atoms with Gasteiger partial charge in [-0.25, -0.2) is 0 Å². The molecule has 1 aromatic carbocycles. The van der Waals surface area contributed by atoms with Gasteiger partial charge in [0.25, 0.3) is 0 Å². The Bertz CT molecular complexity index is 435. The van der Waals surface area contributed by atoms with Crippen LogP contribution in [0.3, 0.4) is 0 Å². The van der Waals surface area contributed by atoms with Crippen molar-refractivity contribution in [1.29, 1.82) is 0 Å². The molecule has 0 spiro atoms. The Morgan fingerprint density at radius 3 is 2.76 bits per heavy atom. The van der Waals surface area contributed by atoms with Gasteiger partial charge in [0.05, 0.1) is 12.9 Å². The molecule has 0 aromatic heterocycles. The van der Waals surface area contributed by atoms with E-state index >= 15 is 0 Å². The van der Waals surface area contributed by atoms with E-state index in [2.05, 4.69) is 0 Å². The van der Waals surface area contributed by atoms with E-state index in [4.69, 9.17) is 4.74 Å². The summed E-state index contributed by atoms with van der Waals surface area (Å²) in [6, 6.07) is 5.00. The van der Waals surface area contributed by atoms with Gasteiger partial charge in [-0.15, -0.1) is 0 Å². The molecule has 4 heteroatoms. The van der Waals surface area contributed by atoms with Crippen LogP contribution < -0.4 is 4.74 Å². The van der Waals surface area contributed by atoms with Gasteiger partial charge in [0.2, 0.25) is 0 Å². The molecule has 1 aromatic rings. The number of carbonyl (C=O) groups excluding carboxylic acids is 1. The number of aryl methyl sites for hydroxylation is 1. The number of aromatic hydroxyl groups is 1. The number of aliphatic hydroxyl groups excluding tert-OH is 1. The molecule has 0 saturated heterocycles. The highest BCUT2D eigenvalue weighted by atomic mass is 16.5. The number of ketones is 1. The van der Waals surface area contributed by atoms with Gasteiger partial charge in [0, 0.05) is 12.5 Å². The van der Waals surface area contributed by atoms with E-state index in [1.807, 2.05) is 0 Å². The topological polar surface area (TPSA) is 66.8 Å². The highest BCUT2D eigenvalue weighted by Gasteiger charge is 2.04. The molecule has 0 saturated carbocycles. The van der Waals surface area contributed by atoms with Gasteiger partial charge >= 0.3 is 0 Å². The predicted molar refractivity (Wildman–Crippen MR) is 64.4 cm³/mol. The van der Waals surface area contributed by atoms with Crippen LogP contribution in [0, 0.1) is 0 Å². The van der Waals surface area contributed by atoms with Crippen LogP contribution in [-0.4, -0.2) is 23.1 Å². The summed E-state index contributed by atoms with van der Waals surface area (Å²) in [5, 5.41) is 18.8. The van der Waals surface area contributed by atoms with E-state index in [0.717, 1.165) is 5.56 Å². The molecule has 0 atom stereocenters. The van der Waals surface area contributed by atoms with Gasteiger partial charge in [-0.2, -0.15) is 0 Å². The third-order valence-corrected chi connectivity index (χ3v) is 2.28. The molecular weight excluding hydrogens is 220 g/mol. The number of hydrogen-bond donors (Lipinski definition) is 2. The van der Waals surface area contributed by atoms with Crippen LogP contribution in [0.2, 0.25) is 0 Å². The van der Waals surface area contributed by atoms with Crippen LogP contribution in [0.15, 0.2) is 30.0 Å². The van der Waals surface area contributed by atoms with Crippen LogP contribution in [0.1, 0.15) is 18.9 Å².